The summed E-state index contributed by atoms with van der Waals surface area (Å²) >= 11 is 19.9. The molecule has 1 fully saturated rings. The molecule has 5 aromatic rings. The molecule has 0 saturated carbocycles. The number of furan rings is 1. The van der Waals surface area contributed by atoms with E-state index in [-0.39, 0.29) is 17.8 Å². The summed E-state index contributed by atoms with van der Waals surface area (Å²) in [6.45, 7) is 0. The number of nitrogens with zero attached hydrogens (tertiary/aromatic N) is 3. The number of rotatable bonds is 7. The summed E-state index contributed by atoms with van der Waals surface area (Å²) in [5, 5.41) is 16.0. The van der Waals surface area contributed by atoms with Crippen molar-refractivity contribution >= 4 is 63.7 Å². The minimum Gasteiger partial charge on any atom is -0.459 e. The number of nitro benzene ring substituents is 1. The van der Waals surface area contributed by atoms with Crippen LogP contribution in [-0.2, 0) is 0 Å². The third-order valence-electron chi connectivity index (χ3n) is 6.61. The Morgan fingerprint density at radius 1 is 0.951 bits per heavy atom. The molecule has 0 amide bonds. The Balaban J connectivity index is 1.33. The Morgan fingerprint density at radius 3 is 2.34 bits per heavy atom. The normalized spacial score (nSPS) is 16.5. The molecule has 1 N–H and O–H groups in total. The molecule has 204 valence electrons. The summed E-state index contributed by atoms with van der Waals surface area (Å²) in [6, 6.07) is 28.8. The number of hydrogen-bond donors (Lipinski definition) is 1. The highest BCUT2D eigenvalue weighted by Crippen LogP contribution is 2.44. The summed E-state index contributed by atoms with van der Waals surface area (Å²) < 4.78 is 6.41. The minimum atomic E-state index is -0.406. The van der Waals surface area contributed by atoms with Crippen LogP contribution < -0.4 is 10.2 Å². The van der Waals surface area contributed by atoms with Gasteiger partial charge in [-0.25, -0.2) is 0 Å². The molecular formula is C30H20Cl2N4O3S2. The second-order valence-electron chi connectivity index (χ2n) is 9.17. The van der Waals surface area contributed by atoms with Gasteiger partial charge >= 0.3 is 0 Å². The van der Waals surface area contributed by atoms with Crippen LogP contribution in [-0.4, -0.2) is 15.0 Å². The zero-order valence-electron chi connectivity index (χ0n) is 21.1. The lowest BCUT2D eigenvalue weighted by Gasteiger charge is -2.26. The molecule has 3 aromatic carbocycles. The Hall–Kier alpha value is -3.89. The monoisotopic (exact) mass is 618 g/mol. The zero-order chi connectivity index (χ0) is 28.5. The second-order valence-corrected chi connectivity index (χ2v) is 11.5. The van der Waals surface area contributed by atoms with E-state index >= 15 is 0 Å². The molecule has 1 aliphatic heterocycles. The van der Waals surface area contributed by atoms with Gasteiger partial charge in [-0.15, -0.1) is 0 Å². The molecule has 0 spiro atoms. The lowest BCUT2D eigenvalue weighted by Crippen LogP contribution is -2.29. The maximum atomic E-state index is 11.0. The maximum Gasteiger partial charge on any atom is 0.269 e. The summed E-state index contributed by atoms with van der Waals surface area (Å²) in [5.41, 5.74) is 2.51. The van der Waals surface area contributed by atoms with Gasteiger partial charge in [0.2, 0.25) is 0 Å². The van der Waals surface area contributed by atoms with Crippen molar-refractivity contribution in [3.8, 4) is 11.3 Å². The van der Waals surface area contributed by atoms with Crippen molar-refractivity contribution < 1.29 is 9.34 Å². The maximum absolute atomic E-state index is 11.0. The molecule has 6 rings (SSSR count). The van der Waals surface area contributed by atoms with Gasteiger partial charge in [0.15, 0.2) is 5.11 Å². The van der Waals surface area contributed by atoms with Gasteiger partial charge in [-0.2, -0.15) is 0 Å². The van der Waals surface area contributed by atoms with Crippen LogP contribution in [0.5, 0.6) is 0 Å². The van der Waals surface area contributed by atoms with Crippen molar-refractivity contribution in [1.29, 1.82) is 0 Å². The predicted octanol–water partition coefficient (Wildman–Crippen LogP) is 8.88. The predicted molar refractivity (Wildman–Crippen MR) is 166 cm³/mol. The first-order valence-electron chi connectivity index (χ1n) is 12.5. The van der Waals surface area contributed by atoms with E-state index in [0.717, 1.165) is 26.7 Å². The lowest BCUT2D eigenvalue weighted by atomic mass is 10.0. The van der Waals surface area contributed by atoms with Gasteiger partial charge in [0.25, 0.3) is 5.69 Å². The van der Waals surface area contributed by atoms with E-state index in [2.05, 4.69) is 10.3 Å². The molecule has 0 unspecified atom stereocenters. The van der Waals surface area contributed by atoms with E-state index in [9.17, 15) is 10.1 Å². The third-order valence-corrected chi connectivity index (χ3v) is 8.49. The van der Waals surface area contributed by atoms with Crippen LogP contribution in [0.15, 0.2) is 117 Å². The van der Waals surface area contributed by atoms with E-state index in [1.165, 1.54) is 23.9 Å². The van der Waals surface area contributed by atoms with E-state index < -0.39 is 4.92 Å². The van der Waals surface area contributed by atoms with E-state index in [0.29, 0.717) is 26.7 Å². The number of pyridine rings is 1. The fourth-order valence-corrected chi connectivity index (χ4v) is 6.38. The smallest absolute Gasteiger partial charge is 0.269 e. The van der Waals surface area contributed by atoms with Gasteiger partial charge in [-0.3, -0.25) is 15.1 Å². The zero-order valence-corrected chi connectivity index (χ0v) is 24.3. The van der Waals surface area contributed by atoms with Crippen LogP contribution in [0, 0.1) is 10.1 Å². The molecule has 0 aliphatic carbocycles. The van der Waals surface area contributed by atoms with Crippen molar-refractivity contribution in [2.24, 2.45) is 0 Å². The molecule has 1 aliphatic rings. The quantitative estimate of drug-likeness (QED) is 0.110. The molecule has 41 heavy (non-hydrogen) atoms. The second kappa shape index (κ2) is 11.5. The Labute approximate surface area is 255 Å². The first-order chi connectivity index (χ1) is 19.9. The number of hydrogen-bond acceptors (Lipinski definition) is 6. The average Bonchev–Trinajstić information content (AvgIpc) is 3.59. The van der Waals surface area contributed by atoms with Crippen molar-refractivity contribution in [2.45, 2.75) is 21.9 Å². The summed E-state index contributed by atoms with van der Waals surface area (Å²) in [7, 11) is 0. The van der Waals surface area contributed by atoms with Gasteiger partial charge in [-0.05, 0) is 91.1 Å². The largest absolute Gasteiger partial charge is 0.459 e. The van der Waals surface area contributed by atoms with Gasteiger partial charge in [0.1, 0.15) is 17.6 Å². The minimum absolute atomic E-state index is 0.0627. The molecule has 1 saturated heterocycles. The van der Waals surface area contributed by atoms with Gasteiger partial charge < -0.3 is 14.6 Å². The highest BCUT2D eigenvalue weighted by atomic mass is 35.5. The number of non-ortho nitro benzene ring substituents is 1. The van der Waals surface area contributed by atoms with Crippen molar-refractivity contribution in [3.63, 3.8) is 0 Å². The number of aromatic nitrogens is 1. The van der Waals surface area contributed by atoms with E-state index in [1.54, 1.807) is 30.5 Å². The summed E-state index contributed by atoms with van der Waals surface area (Å²) in [5.74, 6) is 1.31. The molecule has 7 nitrogen and oxygen atoms in total. The fraction of sp³-hybridized carbons (Fsp3) is 0.0667. The van der Waals surface area contributed by atoms with E-state index in [4.69, 9.17) is 39.8 Å². The molecule has 2 atom stereocenters. The molecule has 0 radical (unpaired) electrons. The SMILES string of the molecule is O=[N+]([O-])c1ccc(Sc2ccc(N3C(=S)N[C@@H](c4ccccn4)[C@@H]3c3ccc(-c4ccc(Cl)cc4Cl)o3)cc2)cc1. The van der Waals surface area contributed by atoms with Crippen LogP contribution in [0.2, 0.25) is 10.0 Å². The number of nitrogens with one attached hydrogen (secondary N) is 1. The highest BCUT2D eigenvalue weighted by molar-refractivity contribution is 7.99. The number of anilines is 1. The van der Waals surface area contributed by atoms with Crippen LogP contribution in [0.25, 0.3) is 11.3 Å². The average molecular weight is 620 g/mol. The van der Waals surface area contributed by atoms with Crippen molar-refractivity contribution in [3.05, 3.63) is 135 Å². The van der Waals surface area contributed by atoms with Gasteiger partial charge in [0, 0.05) is 44.4 Å². The topological polar surface area (TPSA) is 84.4 Å². The summed E-state index contributed by atoms with van der Waals surface area (Å²) in [6.07, 6.45) is 1.76. The Morgan fingerprint density at radius 2 is 1.68 bits per heavy atom. The molecule has 0 bridgehead atoms. The Kier molecular flexibility index (Phi) is 7.68. The number of halogens is 2. The number of nitro groups is 1. The number of thiocarbonyl (C=S) groups is 1. The number of benzene rings is 3. The molecule has 2 aromatic heterocycles. The van der Waals surface area contributed by atoms with Crippen LogP contribution in [0.1, 0.15) is 23.5 Å². The van der Waals surface area contributed by atoms with Crippen LogP contribution >= 0.6 is 47.2 Å². The lowest BCUT2D eigenvalue weighted by molar-refractivity contribution is -0.384. The summed E-state index contributed by atoms with van der Waals surface area (Å²) in [4.78, 5) is 19.1. The van der Waals surface area contributed by atoms with E-state index in [1.807, 2.05) is 65.6 Å². The first kappa shape index (κ1) is 27.3. The van der Waals surface area contributed by atoms with Gasteiger partial charge in [-0.1, -0.05) is 41.0 Å². The standard InChI is InChI=1S/C30H20Cl2N4O3S2/c31-18-4-13-23(24(32)17-18)26-14-15-27(39-26)29-28(25-3-1-2-16-33-25)34-30(40)35(29)19-5-9-21(10-6-19)41-22-11-7-20(8-12-22)36(37)38/h1-17,28-29H,(H,34,40)/t28-,29-/m0/s1. The van der Waals surface area contributed by atoms with Crippen LogP contribution in [0.3, 0.4) is 0 Å². The fourth-order valence-electron chi connectivity index (χ4n) is 4.71. The van der Waals surface area contributed by atoms with Gasteiger partial charge in [0.05, 0.1) is 21.7 Å². The first-order valence-corrected chi connectivity index (χ1v) is 14.4. The highest BCUT2D eigenvalue weighted by Gasteiger charge is 2.42. The van der Waals surface area contributed by atoms with Crippen LogP contribution in [0.4, 0.5) is 11.4 Å². The Bertz CT molecular complexity index is 1730. The molecule has 3 heterocycles. The molecular weight excluding hydrogens is 599 g/mol. The molecule has 11 heteroatoms. The van der Waals surface area contributed by atoms with Crippen molar-refractivity contribution in [2.75, 3.05) is 4.90 Å². The third kappa shape index (κ3) is 5.67. The van der Waals surface area contributed by atoms with Crippen molar-refractivity contribution in [1.82, 2.24) is 10.3 Å².